The number of aryl methyl sites for hydroxylation is 1. The molecule has 0 saturated carbocycles. The fourth-order valence-electron chi connectivity index (χ4n) is 2.15. The minimum atomic E-state index is 0.142. The van der Waals surface area contributed by atoms with Crippen LogP contribution >= 0.6 is 11.3 Å². The van der Waals surface area contributed by atoms with Gasteiger partial charge in [0.1, 0.15) is 4.88 Å². The predicted molar refractivity (Wildman–Crippen MR) is 64.8 cm³/mol. The Labute approximate surface area is 99.7 Å². The Bertz CT molecular complexity index is 377. The van der Waals surface area contributed by atoms with E-state index in [-0.39, 0.29) is 5.91 Å². The normalized spacial score (nSPS) is 20.4. The first-order valence-electron chi connectivity index (χ1n) is 5.60. The van der Waals surface area contributed by atoms with E-state index in [1.165, 1.54) is 11.3 Å². The Kier molecular flexibility index (Phi) is 3.56. The molecule has 0 aliphatic carbocycles. The average molecular weight is 239 g/mol. The largest absolute Gasteiger partial charge is 0.334 e. The number of nitrogens with zero attached hydrogens (tertiary/aromatic N) is 2. The van der Waals surface area contributed by atoms with Crippen LogP contribution in [-0.4, -0.2) is 42.0 Å². The van der Waals surface area contributed by atoms with Crippen molar-refractivity contribution in [2.75, 3.05) is 20.1 Å². The highest BCUT2D eigenvalue weighted by Gasteiger charge is 2.29. The van der Waals surface area contributed by atoms with Gasteiger partial charge in [-0.15, -0.1) is 11.3 Å². The van der Waals surface area contributed by atoms with Crippen LogP contribution in [0.4, 0.5) is 0 Å². The number of hydrogen-bond donors (Lipinski definition) is 1. The van der Waals surface area contributed by atoms with Crippen LogP contribution in [0.3, 0.4) is 0 Å². The summed E-state index contributed by atoms with van der Waals surface area (Å²) >= 11 is 1.48. The number of rotatable bonds is 3. The van der Waals surface area contributed by atoms with Crippen LogP contribution < -0.4 is 5.32 Å². The summed E-state index contributed by atoms with van der Waals surface area (Å²) in [6.45, 7) is 3.68. The van der Waals surface area contributed by atoms with Crippen LogP contribution in [0.5, 0.6) is 0 Å². The van der Waals surface area contributed by atoms with Crippen molar-refractivity contribution in [3.05, 3.63) is 16.1 Å². The van der Waals surface area contributed by atoms with Gasteiger partial charge in [0.15, 0.2) is 0 Å². The maximum atomic E-state index is 12.2. The number of aromatic nitrogens is 1. The fraction of sp³-hybridized carbons (Fsp3) is 0.636. The van der Waals surface area contributed by atoms with Crippen LogP contribution in [0.15, 0.2) is 6.20 Å². The second-order valence-corrected chi connectivity index (χ2v) is 5.33. The zero-order chi connectivity index (χ0) is 11.5. The summed E-state index contributed by atoms with van der Waals surface area (Å²) in [5, 5.41) is 4.10. The van der Waals surface area contributed by atoms with Crippen molar-refractivity contribution in [2.45, 2.75) is 25.8 Å². The molecule has 1 atom stereocenters. The number of thiazole rings is 1. The first kappa shape index (κ1) is 11.5. The number of carbonyl (C=O) groups is 1. The zero-order valence-electron chi connectivity index (χ0n) is 9.69. The molecule has 1 fully saturated rings. The number of hydrogen-bond acceptors (Lipinski definition) is 4. The van der Waals surface area contributed by atoms with Crippen LogP contribution in [0.2, 0.25) is 0 Å². The van der Waals surface area contributed by atoms with Crippen LogP contribution in [0, 0.1) is 6.92 Å². The van der Waals surface area contributed by atoms with Crippen molar-refractivity contribution in [1.82, 2.24) is 15.2 Å². The molecule has 1 unspecified atom stereocenters. The molecule has 4 nitrogen and oxygen atoms in total. The van der Waals surface area contributed by atoms with E-state index < -0.39 is 0 Å². The topological polar surface area (TPSA) is 45.2 Å². The Hall–Kier alpha value is -0.940. The summed E-state index contributed by atoms with van der Waals surface area (Å²) in [4.78, 5) is 19.1. The monoisotopic (exact) mass is 239 g/mol. The summed E-state index contributed by atoms with van der Waals surface area (Å²) in [6.07, 6.45) is 3.90. The average Bonchev–Trinajstić information content (AvgIpc) is 2.87. The maximum absolute atomic E-state index is 12.2. The van der Waals surface area contributed by atoms with Gasteiger partial charge in [0.25, 0.3) is 5.91 Å². The molecule has 88 valence electrons. The minimum Gasteiger partial charge on any atom is -0.334 e. The molecule has 1 aliphatic heterocycles. The molecule has 1 aromatic rings. The summed E-state index contributed by atoms with van der Waals surface area (Å²) in [5.41, 5.74) is 0. The van der Waals surface area contributed by atoms with Gasteiger partial charge in [0, 0.05) is 19.1 Å². The smallest absolute Gasteiger partial charge is 0.265 e. The van der Waals surface area contributed by atoms with Crippen molar-refractivity contribution in [2.24, 2.45) is 0 Å². The highest BCUT2D eigenvalue weighted by Crippen LogP contribution is 2.22. The van der Waals surface area contributed by atoms with E-state index in [1.54, 1.807) is 6.20 Å². The van der Waals surface area contributed by atoms with Gasteiger partial charge in [0.2, 0.25) is 0 Å². The predicted octanol–water partition coefficient (Wildman–Crippen LogP) is 1.28. The van der Waals surface area contributed by atoms with Crippen LogP contribution in [0.1, 0.15) is 27.5 Å². The number of likely N-dealkylation sites (tertiary alicyclic amines) is 1. The molecule has 1 aliphatic rings. The van der Waals surface area contributed by atoms with E-state index in [1.807, 2.05) is 18.9 Å². The minimum absolute atomic E-state index is 0.142. The van der Waals surface area contributed by atoms with Crippen molar-refractivity contribution >= 4 is 17.2 Å². The summed E-state index contributed by atoms with van der Waals surface area (Å²) in [6, 6.07) is 0.347. The molecule has 2 rings (SSSR count). The molecule has 1 amide bonds. The van der Waals surface area contributed by atoms with Gasteiger partial charge in [-0.1, -0.05) is 0 Å². The molecule has 0 aromatic carbocycles. The number of amides is 1. The summed E-state index contributed by atoms with van der Waals surface area (Å²) in [7, 11) is 1.93. The van der Waals surface area contributed by atoms with Crippen molar-refractivity contribution in [3.63, 3.8) is 0 Å². The van der Waals surface area contributed by atoms with Gasteiger partial charge < -0.3 is 10.2 Å². The van der Waals surface area contributed by atoms with E-state index in [4.69, 9.17) is 0 Å². The molecular formula is C11H17N3OS. The van der Waals surface area contributed by atoms with E-state index in [0.29, 0.717) is 6.04 Å². The molecule has 0 spiro atoms. The lowest BCUT2D eigenvalue weighted by molar-refractivity contribution is 0.0741. The molecule has 1 aromatic heterocycles. The van der Waals surface area contributed by atoms with Gasteiger partial charge in [-0.3, -0.25) is 4.79 Å². The van der Waals surface area contributed by atoms with Crippen LogP contribution in [0.25, 0.3) is 0 Å². The van der Waals surface area contributed by atoms with Gasteiger partial charge in [-0.05, 0) is 26.8 Å². The molecule has 0 bridgehead atoms. The lowest BCUT2D eigenvalue weighted by Crippen LogP contribution is -2.40. The fourth-order valence-corrected chi connectivity index (χ4v) is 2.89. The molecule has 1 saturated heterocycles. The highest BCUT2D eigenvalue weighted by molar-refractivity contribution is 7.13. The van der Waals surface area contributed by atoms with E-state index in [2.05, 4.69) is 10.3 Å². The van der Waals surface area contributed by atoms with Gasteiger partial charge in [-0.2, -0.15) is 0 Å². The molecular weight excluding hydrogens is 222 g/mol. The standard InChI is InChI=1S/C11H17N3OS/c1-8-13-7-10(16-8)11(15)14-5-3-4-9(14)6-12-2/h7,9,12H,3-6H2,1-2H3. The highest BCUT2D eigenvalue weighted by atomic mass is 32.1. The van der Waals surface area contributed by atoms with Crippen molar-refractivity contribution in [1.29, 1.82) is 0 Å². The lowest BCUT2D eigenvalue weighted by Gasteiger charge is -2.23. The Balaban J connectivity index is 2.09. The molecule has 0 radical (unpaired) electrons. The zero-order valence-corrected chi connectivity index (χ0v) is 10.5. The molecule has 2 heterocycles. The second-order valence-electron chi connectivity index (χ2n) is 4.10. The summed E-state index contributed by atoms with van der Waals surface area (Å²) in [5.74, 6) is 0.142. The first-order valence-corrected chi connectivity index (χ1v) is 6.42. The number of likely N-dealkylation sites (N-methyl/N-ethyl adjacent to an activating group) is 1. The van der Waals surface area contributed by atoms with Crippen LogP contribution in [-0.2, 0) is 0 Å². The Morgan fingerprint density at radius 3 is 3.19 bits per heavy atom. The quantitative estimate of drug-likeness (QED) is 0.864. The molecule has 16 heavy (non-hydrogen) atoms. The third-order valence-electron chi connectivity index (χ3n) is 2.91. The SMILES string of the molecule is CNCC1CCCN1C(=O)c1cnc(C)s1. The van der Waals surface area contributed by atoms with Gasteiger partial charge >= 0.3 is 0 Å². The molecule has 1 N–H and O–H groups in total. The first-order chi connectivity index (χ1) is 7.72. The van der Waals surface area contributed by atoms with Crippen molar-refractivity contribution < 1.29 is 4.79 Å². The number of nitrogens with one attached hydrogen (secondary N) is 1. The Morgan fingerprint density at radius 1 is 1.75 bits per heavy atom. The Morgan fingerprint density at radius 2 is 2.56 bits per heavy atom. The molecule has 5 heteroatoms. The number of carbonyl (C=O) groups excluding carboxylic acids is 1. The van der Waals surface area contributed by atoms with Crippen molar-refractivity contribution in [3.8, 4) is 0 Å². The summed E-state index contributed by atoms with van der Waals surface area (Å²) < 4.78 is 0. The van der Waals surface area contributed by atoms with Gasteiger partial charge in [-0.25, -0.2) is 4.98 Å². The lowest BCUT2D eigenvalue weighted by atomic mass is 10.2. The second kappa shape index (κ2) is 4.93. The van der Waals surface area contributed by atoms with E-state index in [9.17, 15) is 4.79 Å². The van der Waals surface area contributed by atoms with Gasteiger partial charge in [0.05, 0.1) is 11.2 Å². The third kappa shape index (κ3) is 2.25. The van der Waals surface area contributed by atoms with E-state index in [0.717, 1.165) is 35.8 Å². The maximum Gasteiger partial charge on any atom is 0.265 e. The van der Waals surface area contributed by atoms with E-state index >= 15 is 0 Å². The third-order valence-corrected chi connectivity index (χ3v) is 3.81.